The lowest BCUT2D eigenvalue weighted by atomic mass is 10.2. The molecular weight excluding hydrogens is 257 g/mol. The van der Waals surface area contributed by atoms with Gasteiger partial charge in [-0.3, -0.25) is 0 Å². The highest BCUT2D eigenvalue weighted by atomic mass is 19.1. The van der Waals surface area contributed by atoms with E-state index in [1.807, 2.05) is 0 Å². The highest BCUT2D eigenvalue weighted by Crippen LogP contribution is 2.22. The average Bonchev–Trinajstić information content (AvgIpc) is 2.58. The van der Waals surface area contributed by atoms with Crippen LogP contribution < -0.4 is 10.2 Å². The first-order chi connectivity index (χ1) is 9.61. The molecule has 1 aromatic heterocycles. The number of hydrogen-bond acceptors (Lipinski definition) is 5. The fourth-order valence-corrected chi connectivity index (χ4v) is 2.57. The summed E-state index contributed by atoms with van der Waals surface area (Å²) in [6.07, 6.45) is 3.27. The van der Waals surface area contributed by atoms with Gasteiger partial charge in [-0.1, -0.05) is 6.92 Å². The van der Waals surface area contributed by atoms with E-state index in [4.69, 9.17) is 0 Å². The molecule has 2 heterocycles. The summed E-state index contributed by atoms with van der Waals surface area (Å²) >= 11 is 0. The number of nitrogens with one attached hydrogen (secondary N) is 1. The normalized spacial score (nSPS) is 20.8. The maximum atomic E-state index is 14.1. The van der Waals surface area contributed by atoms with E-state index in [1.165, 1.54) is 6.20 Å². The van der Waals surface area contributed by atoms with Gasteiger partial charge in [-0.2, -0.15) is 4.98 Å². The van der Waals surface area contributed by atoms with Gasteiger partial charge in [0.05, 0.1) is 6.20 Å². The van der Waals surface area contributed by atoms with Gasteiger partial charge >= 0.3 is 0 Å². The number of anilines is 2. The first-order valence-electron chi connectivity index (χ1n) is 7.33. The third kappa shape index (κ3) is 3.56. The van der Waals surface area contributed by atoms with Gasteiger partial charge in [0.15, 0.2) is 11.6 Å². The molecule has 6 heteroatoms. The van der Waals surface area contributed by atoms with E-state index >= 15 is 0 Å². The standard InChI is InChI=1S/C14H24FN5/c1-4-6-16-14-17-9-12(15)13(18-14)20-8-5-7-19(3)10-11(20)2/h9,11H,4-8,10H2,1-3H3,(H,16,17,18). The van der Waals surface area contributed by atoms with Crippen molar-refractivity contribution in [2.45, 2.75) is 32.7 Å². The van der Waals surface area contributed by atoms with Crippen LogP contribution in [0.4, 0.5) is 16.2 Å². The number of aromatic nitrogens is 2. The summed E-state index contributed by atoms with van der Waals surface area (Å²) in [5.41, 5.74) is 0. The van der Waals surface area contributed by atoms with Crippen LogP contribution in [-0.4, -0.2) is 54.1 Å². The summed E-state index contributed by atoms with van der Waals surface area (Å²) in [6, 6.07) is 0.242. The lowest BCUT2D eigenvalue weighted by molar-refractivity contribution is 0.336. The number of likely N-dealkylation sites (N-methyl/N-ethyl adjacent to an activating group) is 1. The molecule has 1 aromatic rings. The second-order valence-corrected chi connectivity index (χ2v) is 5.45. The summed E-state index contributed by atoms with van der Waals surface area (Å²) in [5.74, 6) is 0.581. The van der Waals surface area contributed by atoms with E-state index in [0.717, 1.165) is 39.0 Å². The van der Waals surface area contributed by atoms with Crippen molar-refractivity contribution in [3.63, 3.8) is 0 Å². The fourth-order valence-electron chi connectivity index (χ4n) is 2.57. The molecule has 112 valence electrons. The number of rotatable bonds is 4. The third-order valence-corrected chi connectivity index (χ3v) is 3.58. The van der Waals surface area contributed by atoms with Gasteiger partial charge < -0.3 is 15.1 Å². The Labute approximate surface area is 120 Å². The average molecular weight is 281 g/mol. The lowest BCUT2D eigenvalue weighted by Crippen LogP contribution is -2.39. The maximum absolute atomic E-state index is 14.1. The monoisotopic (exact) mass is 281 g/mol. The van der Waals surface area contributed by atoms with Crippen LogP contribution in [0.25, 0.3) is 0 Å². The van der Waals surface area contributed by atoms with Gasteiger partial charge in [0.25, 0.3) is 0 Å². The molecule has 5 nitrogen and oxygen atoms in total. The second kappa shape index (κ2) is 6.83. The van der Waals surface area contributed by atoms with Crippen molar-refractivity contribution in [2.24, 2.45) is 0 Å². The minimum absolute atomic E-state index is 0.242. The van der Waals surface area contributed by atoms with E-state index in [9.17, 15) is 4.39 Å². The van der Waals surface area contributed by atoms with Gasteiger partial charge in [0, 0.05) is 25.7 Å². The van der Waals surface area contributed by atoms with Gasteiger partial charge in [-0.25, -0.2) is 9.37 Å². The van der Waals surface area contributed by atoms with Gasteiger partial charge in [0.1, 0.15) is 0 Å². The van der Waals surface area contributed by atoms with Crippen LogP contribution in [0.5, 0.6) is 0 Å². The summed E-state index contributed by atoms with van der Waals surface area (Å²) in [4.78, 5) is 12.7. The Balaban J connectivity index is 2.20. The van der Waals surface area contributed by atoms with Gasteiger partial charge in [-0.05, 0) is 33.4 Å². The molecule has 2 rings (SSSR count). The molecule has 0 radical (unpaired) electrons. The van der Waals surface area contributed by atoms with Crippen LogP contribution in [0, 0.1) is 5.82 Å². The van der Waals surface area contributed by atoms with Crippen LogP contribution in [0.1, 0.15) is 26.7 Å². The van der Waals surface area contributed by atoms with Crippen molar-refractivity contribution in [1.82, 2.24) is 14.9 Å². The Hall–Kier alpha value is -1.43. The Morgan fingerprint density at radius 3 is 3.00 bits per heavy atom. The third-order valence-electron chi connectivity index (χ3n) is 3.58. The molecule has 1 unspecified atom stereocenters. The molecule has 0 amide bonds. The van der Waals surface area contributed by atoms with E-state index in [1.54, 1.807) is 0 Å². The fraction of sp³-hybridized carbons (Fsp3) is 0.714. The van der Waals surface area contributed by atoms with Crippen molar-refractivity contribution in [3.05, 3.63) is 12.0 Å². The number of nitrogens with zero attached hydrogens (tertiary/aromatic N) is 4. The van der Waals surface area contributed by atoms with Crippen molar-refractivity contribution in [3.8, 4) is 0 Å². The Bertz CT molecular complexity index is 440. The molecule has 0 saturated carbocycles. The smallest absolute Gasteiger partial charge is 0.224 e. The summed E-state index contributed by atoms with van der Waals surface area (Å²) < 4.78 is 14.1. The molecule has 0 bridgehead atoms. The first-order valence-corrected chi connectivity index (χ1v) is 7.33. The van der Waals surface area contributed by atoms with Crippen molar-refractivity contribution in [2.75, 3.05) is 43.4 Å². The number of hydrogen-bond donors (Lipinski definition) is 1. The molecule has 0 aromatic carbocycles. The van der Waals surface area contributed by atoms with E-state index in [0.29, 0.717) is 11.8 Å². The van der Waals surface area contributed by atoms with Crippen LogP contribution in [0.15, 0.2) is 6.20 Å². The maximum Gasteiger partial charge on any atom is 0.224 e. The minimum atomic E-state index is -0.344. The highest BCUT2D eigenvalue weighted by Gasteiger charge is 2.23. The van der Waals surface area contributed by atoms with Crippen molar-refractivity contribution in [1.29, 1.82) is 0 Å². The first kappa shape index (κ1) is 15.0. The topological polar surface area (TPSA) is 44.3 Å². The molecule has 20 heavy (non-hydrogen) atoms. The summed E-state index contributed by atoms with van der Waals surface area (Å²) in [6.45, 7) is 7.76. The minimum Gasteiger partial charge on any atom is -0.354 e. The van der Waals surface area contributed by atoms with E-state index < -0.39 is 0 Å². The molecule has 0 spiro atoms. The molecule has 1 saturated heterocycles. The van der Waals surface area contributed by atoms with Gasteiger partial charge in [-0.15, -0.1) is 0 Å². The van der Waals surface area contributed by atoms with Crippen LogP contribution in [0.2, 0.25) is 0 Å². The molecule has 0 aliphatic carbocycles. The van der Waals surface area contributed by atoms with Crippen LogP contribution in [-0.2, 0) is 0 Å². The van der Waals surface area contributed by atoms with E-state index in [2.05, 4.69) is 46.0 Å². The van der Waals surface area contributed by atoms with E-state index in [-0.39, 0.29) is 11.9 Å². The quantitative estimate of drug-likeness (QED) is 0.914. The zero-order valence-electron chi connectivity index (χ0n) is 12.6. The van der Waals surface area contributed by atoms with Crippen LogP contribution >= 0.6 is 0 Å². The largest absolute Gasteiger partial charge is 0.354 e. The number of halogens is 1. The van der Waals surface area contributed by atoms with Crippen molar-refractivity contribution >= 4 is 11.8 Å². The van der Waals surface area contributed by atoms with Gasteiger partial charge in [0.2, 0.25) is 5.95 Å². The zero-order chi connectivity index (χ0) is 14.5. The summed E-state index contributed by atoms with van der Waals surface area (Å²) in [7, 11) is 2.10. The molecule has 1 atom stereocenters. The lowest BCUT2D eigenvalue weighted by Gasteiger charge is -2.29. The molecule has 1 aliphatic heterocycles. The van der Waals surface area contributed by atoms with Crippen LogP contribution in [0.3, 0.4) is 0 Å². The SMILES string of the molecule is CCCNc1ncc(F)c(N2CCCN(C)CC2C)n1. The molecular formula is C14H24FN5. The highest BCUT2D eigenvalue weighted by molar-refractivity contribution is 5.45. The Kier molecular flexibility index (Phi) is 5.11. The second-order valence-electron chi connectivity index (χ2n) is 5.45. The molecule has 1 fully saturated rings. The Morgan fingerprint density at radius 1 is 1.45 bits per heavy atom. The summed E-state index contributed by atoms with van der Waals surface area (Å²) in [5, 5.41) is 3.11. The Morgan fingerprint density at radius 2 is 2.25 bits per heavy atom. The molecule has 1 aliphatic rings. The molecule has 1 N–H and O–H groups in total. The predicted octanol–water partition coefficient (Wildman–Crippen LogP) is 1.97. The van der Waals surface area contributed by atoms with Crippen molar-refractivity contribution < 1.29 is 4.39 Å². The predicted molar refractivity (Wildman–Crippen MR) is 79.7 cm³/mol. The zero-order valence-corrected chi connectivity index (χ0v) is 12.6.